The number of carbonyl (C=O) groups excluding carboxylic acids is 1. The highest BCUT2D eigenvalue weighted by molar-refractivity contribution is 6.30. The molecule has 0 atom stereocenters. The van der Waals surface area contributed by atoms with Gasteiger partial charge in [0.05, 0.1) is 11.7 Å². The predicted molar refractivity (Wildman–Crippen MR) is 138 cm³/mol. The van der Waals surface area contributed by atoms with Crippen molar-refractivity contribution in [2.45, 2.75) is 63.5 Å². The molecular weight excluding hydrogens is 480 g/mol. The molecule has 1 N–H and O–H groups in total. The Morgan fingerprint density at radius 1 is 1.19 bits per heavy atom. The molecule has 3 aromatic rings. The molecule has 0 bridgehead atoms. The number of alkyl carbamates (subject to hydrolysis) is 1. The first kappa shape index (κ1) is 25.7. The molecule has 1 saturated carbocycles. The number of hydrogen-bond donors (Lipinski definition) is 1. The van der Waals surface area contributed by atoms with Crippen LogP contribution in [0.3, 0.4) is 0 Å². The number of nitrogens with zero attached hydrogens (tertiary/aromatic N) is 3. The lowest BCUT2D eigenvalue weighted by Gasteiger charge is -2.41. The van der Waals surface area contributed by atoms with Gasteiger partial charge in [-0.25, -0.2) is 9.48 Å². The molecule has 2 aromatic heterocycles. The average Bonchev–Trinajstić information content (AvgIpc) is 2.83. The standard InChI is InChI=1S/C27H31ClN4O4/c1-26(2,3)36-25(34)29-18-27(20-5-4-6-21(28)17-20)13-9-22(10-14-27)32-24(33)8-7-23(30-32)19-11-15-31(35)16-12-19/h4-8,11-12,15-17,22H,9-10,13-14,18H2,1-3H3,(H,29,34). The molecule has 1 aliphatic carbocycles. The molecule has 1 amide bonds. The highest BCUT2D eigenvalue weighted by Gasteiger charge is 2.39. The number of aromatic nitrogens is 3. The summed E-state index contributed by atoms with van der Waals surface area (Å²) in [5.74, 6) is 0. The molecule has 0 aliphatic heterocycles. The van der Waals surface area contributed by atoms with E-state index in [0.29, 0.717) is 34.8 Å². The highest BCUT2D eigenvalue weighted by Crippen LogP contribution is 2.43. The summed E-state index contributed by atoms with van der Waals surface area (Å²) in [5, 5.41) is 19.6. The van der Waals surface area contributed by atoms with Crippen LogP contribution in [-0.2, 0) is 10.2 Å². The Morgan fingerprint density at radius 2 is 1.89 bits per heavy atom. The molecule has 2 heterocycles. The normalized spacial score (nSPS) is 20.1. The fourth-order valence-corrected chi connectivity index (χ4v) is 4.96. The molecule has 0 unspecified atom stereocenters. The number of carbonyl (C=O) groups is 1. The monoisotopic (exact) mass is 510 g/mol. The number of ether oxygens (including phenoxy) is 1. The number of halogens is 1. The minimum absolute atomic E-state index is 0.0838. The third-order valence-electron chi connectivity index (χ3n) is 6.59. The van der Waals surface area contributed by atoms with Crippen molar-refractivity contribution >= 4 is 17.7 Å². The molecular formula is C27H31ClN4O4. The van der Waals surface area contributed by atoms with E-state index >= 15 is 0 Å². The zero-order valence-corrected chi connectivity index (χ0v) is 21.5. The van der Waals surface area contributed by atoms with Crippen LogP contribution in [0.1, 0.15) is 58.1 Å². The molecule has 36 heavy (non-hydrogen) atoms. The van der Waals surface area contributed by atoms with E-state index in [9.17, 15) is 14.8 Å². The van der Waals surface area contributed by atoms with Gasteiger partial charge in [-0.05, 0) is 70.2 Å². The van der Waals surface area contributed by atoms with Gasteiger partial charge >= 0.3 is 6.09 Å². The Bertz CT molecular complexity index is 1280. The van der Waals surface area contributed by atoms with Crippen molar-refractivity contribution in [3.05, 3.63) is 87.1 Å². The van der Waals surface area contributed by atoms with Crippen molar-refractivity contribution in [2.75, 3.05) is 6.54 Å². The molecule has 1 aromatic carbocycles. The van der Waals surface area contributed by atoms with Gasteiger partial charge in [0.15, 0.2) is 12.4 Å². The van der Waals surface area contributed by atoms with Gasteiger partial charge in [0.1, 0.15) is 5.60 Å². The number of nitrogens with one attached hydrogen (secondary N) is 1. The maximum atomic E-state index is 12.7. The molecule has 0 saturated heterocycles. The molecule has 4 rings (SSSR count). The van der Waals surface area contributed by atoms with E-state index < -0.39 is 11.7 Å². The van der Waals surface area contributed by atoms with Crippen LogP contribution in [-0.4, -0.2) is 28.0 Å². The van der Waals surface area contributed by atoms with E-state index in [-0.39, 0.29) is 17.0 Å². The number of amides is 1. The van der Waals surface area contributed by atoms with Gasteiger partial charge in [0.2, 0.25) is 0 Å². The lowest BCUT2D eigenvalue weighted by Crippen LogP contribution is -2.45. The van der Waals surface area contributed by atoms with Crippen LogP contribution < -0.4 is 15.6 Å². The lowest BCUT2D eigenvalue weighted by molar-refractivity contribution is -0.605. The van der Waals surface area contributed by atoms with Crippen LogP contribution in [0.4, 0.5) is 4.79 Å². The Hall–Kier alpha value is -3.39. The predicted octanol–water partition coefficient (Wildman–Crippen LogP) is 4.77. The van der Waals surface area contributed by atoms with Gasteiger partial charge in [-0.3, -0.25) is 4.79 Å². The first-order valence-electron chi connectivity index (χ1n) is 12.1. The SMILES string of the molecule is CC(C)(C)OC(=O)NCC1(c2cccc(Cl)c2)CCC(n2nc(-c3cc[n+]([O-])cc3)ccc2=O)CC1. The average molecular weight is 511 g/mol. The van der Waals surface area contributed by atoms with E-state index in [1.54, 1.807) is 22.9 Å². The topological polar surface area (TPSA) is 100 Å². The van der Waals surface area contributed by atoms with Crippen LogP contribution >= 0.6 is 11.6 Å². The number of rotatable bonds is 5. The van der Waals surface area contributed by atoms with E-state index in [4.69, 9.17) is 16.3 Å². The van der Waals surface area contributed by atoms with Crippen molar-refractivity contribution in [3.8, 4) is 11.3 Å². The Balaban J connectivity index is 1.56. The zero-order valence-electron chi connectivity index (χ0n) is 20.7. The summed E-state index contributed by atoms with van der Waals surface area (Å²) >= 11 is 6.32. The molecule has 1 fully saturated rings. The number of pyridine rings is 1. The second-order valence-electron chi connectivity index (χ2n) is 10.3. The molecule has 190 valence electrons. The van der Waals surface area contributed by atoms with Crippen molar-refractivity contribution in [1.29, 1.82) is 0 Å². The Kier molecular flexibility index (Phi) is 7.36. The van der Waals surface area contributed by atoms with Gasteiger partial charge in [0, 0.05) is 40.7 Å². The van der Waals surface area contributed by atoms with Crippen molar-refractivity contribution < 1.29 is 14.3 Å². The molecule has 0 spiro atoms. The van der Waals surface area contributed by atoms with Crippen molar-refractivity contribution in [1.82, 2.24) is 15.1 Å². The smallest absolute Gasteiger partial charge is 0.407 e. The van der Waals surface area contributed by atoms with Crippen molar-refractivity contribution in [3.63, 3.8) is 0 Å². The minimum Gasteiger partial charge on any atom is -0.619 e. The molecule has 9 heteroatoms. The Labute approximate surface area is 215 Å². The van der Waals surface area contributed by atoms with Gasteiger partial charge in [-0.2, -0.15) is 9.83 Å². The van der Waals surface area contributed by atoms with Crippen LogP contribution in [0, 0.1) is 5.21 Å². The summed E-state index contributed by atoms with van der Waals surface area (Å²) in [6, 6.07) is 14.2. The first-order valence-corrected chi connectivity index (χ1v) is 12.4. The first-order chi connectivity index (χ1) is 17.0. The molecule has 1 aliphatic rings. The summed E-state index contributed by atoms with van der Waals surface area (Å²) in [6.07, 6.45) is 5.22. The number of hydrogen-bond acceptors (Lipinski definition) is 5. The lowest BCUT2D eigenvalue weighted by atomic mass is 9.68. The van der Waals surface area contributed by atoms with Gasteiger partial charge < -0.3 is 15.3 Å². The molecule has 0 radical (unpaired) electrons. The van der Waals surface area contributed by atoms with E-state index in [1.807, 2.05) is 45.0 Å². The third-order valence-corrected chi connectivity index (χ3v) is 6.82. The van der Waals surface area contributed by atoms with Gasteiger partial charge in [-0.1, -0.05) is 23.7 Å². The Morgan fingerprint density at radius 3 is 2.53 bits per heavy atom. The second-order valence-corrected chi connectivity index (χ2v) is 10.8. The molecule has 8 nitrogen and oxygen atoms in total. The van der Waals surface area contributed by atoms with Crippen LogP contribution in [0.5, 0.6) is 0 Å². The van der Waals surface area contributed by atoms with Crippen molar-refractivity contribution in [2.24, 2.45) is 0 Å². The maximum absolute atomic E-state index is 12.7. The highest BCUT2D eigenvalue weighted by atomic mass is 35.5. The van der Waals surface area contributed by atoms with Crippen LogP contribution in [0.15, 0.2) is 65.7 Å². The second kappa shape index (κ2) is 10.3. The fourth-order valence-electron chi connectivity index (χ4n) is 4.77. The fraction of sp³-hybridized carbons (Fsp3) is 0.407. The summed E-state index contributed by atoms with van der Waals surface area (Å²) in [4.78, 5) is 25.2. The largest absolute Gasteiger partial charge is 0.619 e. The van der Waals surface area contributed by atoms with Crippen LogP contribution in [0.2, 0.25) is 5.02 Å². The van der Waals surface area contributed by atoms with E-state index in [1.165, 1.54) is 18.5 Å². The zero-order chi connectivity index (χ0) is 25.9. The van der Waals surface area contributed by atoms with E-state index in [2.05, 4.69) is 10.4 Å². The quantitative estimate of drug-likeness (QED) is 0.393. The summed E-state index contributed by atoms with van der Waals surface area (Å²) in [5.41, 5.74) is 1.35. The third kappa shape index (κ3) is 6.05. The van der Waals surface area contributed by atoms with Crippen LogP contribution in [0.25, 0.3) is 11.3 Å². The summed E-state index contributed by atoms with van der Waals surface area (Å²) < 4.78 is 7.71. The van der Waals surface area contributed by atoms with Gasteiger partial charge in [-0.15, -0.1) is 0 Å². The minimum atomic E-state index is -0.588. The summed E-state index contributed by atoms with van der Waals surface area (Å²) in [7, 11) is 0. The summed E-state index contributed by atoms with van der Waals surface area (Å²) in [6.45, 7) is 5.89. The van der Waals surface area contributed by atoms with E-state index in [0.717, 1.165) is 24.0 Å². The maximum Gasteiger partial charge on any atom is 0.407 e. The number of benzene rings is 1. The van der Waals surface area contributed by atoms with Gasteiger partial charge in [0.25, 0.3) is 5.56 Å².